The van der Waals surface area contributed by atoms with E-state index in [1.807, 2.05) is 81.9 Å². The molecule has 2 atom stereocenters. The second-order valence-electron chi connectivity index (χ2n) is 14.6. The molecular weight excluding hydrogens is 727 g/mol. The summed E-state index contributed by atoms with van der Waals surface area (Å²) in [5.41, 5.74) is 0. The van der Waals surface area contributed by atoms with E-state index in [4.69, 9.17) is 14.2 Å². The fourth-order valence-corrected chi connectivity index (χ4v) is 5.21. The maximum Gasteiger partial charge on any atom is 0.362 e. The number of ether oxygens (including phenoxy) is 3. The Morgan fingerprint density at radius 1 is 0.534 bits per heavy atom. The maximum absolute atomic E-state index is 12.7. The van der Waals surface area contributed by atoms with Gasteiger partial charge in [0.1, 0.15) is 6.61 Å². The number of carbonyl (C=O) groups is 3. The fraction of sp³-hybridized carbons (Fsp3) is 0.500. The molecule has 2 unspecified atom stereocenters. The van der Waals surface area contributed by atoms with Crippen LogP contribution in [0, 0.1) is 0 Å². The number of carboxylic acids is 1. The predicted octanol–water partition coefficient (Wildman–Crippen LogP) is 11.6. The van der Waals surface area contributed by atoms with Gasteiger partial charge < -0.3 is 23.8 Å². The van der Waals surface area contributed by atoms with Crippen LogP contribution in [0.4, 0.5) is 0 Å². The van der Waals surface area contributed by atoms with Gasteiger partial charge in [-0.2, -0.15) is 0 Å². The molecule has 0 aromatic rings. The zero-order valence-electron chi connectivity index (χ0n) is 36.4. The summed E-state index contributed by atoms with van der Waals surface area (Å²) in [4.78, 5) is 36.9. The third-order valence-corrected chi connectivity index (χ3v) is 8.46. The third kappa shape index (κ3) is 37.1. The van der Waals surface area contributed by atoms with E-state index in [9.17, 15) is 19.5 Å². The van der Waals surface area contributed by atoms with E-state index < -0.39 is 18.1 Å². The first-order valence-corrected chi connectivity index (χ1v) is 21.3. The SMILES string of the molecule is CC/C=C/C=C/C=C/C=C/C=C/C=C/CCCCCC(=O)OC(COCCC(C(=O)O)[N+](C)(C)C)COC(=O)CCC/C=C/C/C=C/C/C=C/C/C=C/C/C=C/CC. The highest BCUT2D eigenvalue weighted by Gasteiger charge is 2.31. The molecule has 0 radical (unpaired) electrons. The van der Waals surface area contributed by atoms with Crippen molar-refractivity contribution in [1.82, 2.24) is 0 Å². The van der Waals surface area contributed by atoms with Crippen LogP contribution in [0.5, 0.6) is 0 Å². The van der Waals surface area contributed by atoms with Crippen molar-refractivity contribution in [3.05, 3.63) is 134 Å². The summed E-state index contributed by atoms with van der Waals surface area (Å²) in [6, 6.07) is -0.641. The number of rotatable bonds is 35. The number of quaternary nitrogens is 1. The van der Waals surface area contributed by atoms with Gasteiger partial charge in [-0.05, 0) is 70.6 Å². The lowest BCUT2D eigenvalue weighted by Crippen LogP contribution is -2.50. The number of carbonyl (C=O) groups excluding carboxylic acids is 2. The van der Waals surface area contributed by atoms with E-state index in [2.05, 4.69) is 86.8 Å². The number of unbranched alkanes of at least 4 members (excludes halogenated alkanes) is 4. The summed E-state index contributed by atoms with van der Waals surface area (Å²) < 4.78 is 17.1. The van der Waals surface area contributed by atoms with E-state index in [1.54, 1.807) is 0 Å². The normalized spacial score (nSPS) is 14.3. The summed E-state index contributed by atoms with van der Waals surface area (Å²) in [6.07, 6.45) is 56.4. The Balaban J connectivity index is 4.60. The second kappa shape index (κ2) is 39.3. The summed E-state index contributed by atoms with van der Waals surface area (Å²) in [5, 5.41) is 9.61. The maximum atomic E-state index is 12.7. The first-order chi connectivity index (χ1) is 28.1. The number of hydrogen-bond donors (Lipinski definition) is 1. The largest absolute Gasteiger partial charge is 0.477 e. The molecule has 0 saturated carbocycles. The molecule has 1 N–H and O–H groups in total. The topological polar surface area (TPSA) is 99.1 Å². The molecule has 0 aromatic heterocycles. The Kier molecular flexibility index (Phi) is 36.2. The molecule has 8 nitrogen and oxygen atoms in total. The average molecular weight is 803 g/mol. The Hall–Kier alpha value is -4.53. The molecule has 0 spiro atoms. The first-order valence-electron chi connectivity index (χ1n) is 21.3. The second-order valence-corrected chi connectivity index (χ2v) is 14.6. The number of esters is 2. The average Bonchev–Trinajstić information content (AvgIpc) is 3.18. The Morgan fingerprint density at radius 2 is 1.02 bits per heavy atom. The molecule has 0 aliphatic carbocycles. The molecule has 0 heterocycles. The van der Waals surface area contributed by atoms with E-state index >= 15 is 0 Å². The molecule has 0 aliphatic rings. The van der Waals surface area contributed by atoms with E-state index in [1.165, 1.54) is 0 Å². The van der Waals surface area contributed by atoms with Gasteiger partial charge in [0.05, 0.1) is 34.4 Å². The molecule has 58 heavy (non-hydrogen) atoms. The van der Waals surface area contributed by atoms with Crippen molar-refractivity contribution in [2.75, 3.05) is 41.0 Å². The van der Waals surface area contributed by atoms with Gasteiger partial charge in [0.2, 0.25) is 0 Å². The molecule has 322 valence electrons. The predicted molar refractivity (Wildman–Crippen MR) is 242 cm³/mol. The molecule has 8 heteroatoms. The van der Waals surface area contributed by atoms with Crippen molar-refractivity contribution in [2.45, 2.75) is 122 Å². The van der Waals surface area contributed by atoms with Gasteiger partial charge in [-0.25, -0.2) is 4.79 Å². The van der Waals surface area contributed by atoms with Crippen LogP contribution in [0.25, 0.3) is 0 Å². The van der Waals surface area contributed by atoms with Crippen LogP contribution in [0.3, 0.4) is 0 Å². The van der Waals surface area contributed by atoms with Gasteiger partial charge in [0, 0.05) is 19.3 Å². The first kappa shape index (κ1) is 53.5. The van der Waals surface area contributed by atoms with Crippen LogP contribution in [-0.2, 0) is 28.6 Å². The number of aliphatic carboxylic acids is 1. The summed E-state index contributed by atoms with van der Waals surface area (Å²) >= 11 is 0. The Morgan fingerprint density at radius 3 is 1.55 bits per heavy atom. The minimum Gasteiger partial charge on any atom is -0.477 e. The molecule has 0 fully saturated rings. The van der Waals surface area contributed by atoms with Gasteiger partial charge in [0.25, 0.3) is 0 Å². The number of carboxylic acid groups (broad SMARTS) is 1. The highest BCUT2D eigenvalue weighted by atomic mass is 16.6. The lowest BCUT2D eigenvalue weighted by molar-refractivity contribution is -0.887. The molecule has 0 aromatic carbocycles. The Labute approximate surface area is 352 Å². The van der Waals surface area contributed by atoms with Crippen molar-refractivity contribution in [2.24, 2.45) is 0 Å². The van der Waals surface area contributed by atoms with Crippen molar-refractivity contribution in [3.8, 4) is 0 Å². The minimum atomic E-state index is -0.898. The highest BCUT2D eigenvalue weighted by Crippen LogP contribution is 2.11. The summed E-state index contributed by atoms with van der Waals surface area (Å²) in [6.45, 7) is 4.32. The molecule has 0 saturated heterocycles. The number of allylic oxidation sites excluding steroid dienone is 22. The van der Waals surface area contributed by atoms with Crippen LogP contribution >= 0.6 is 0 Å². The highest BCUT2D eigenvalue weighted by molar-refractivity contribution is 5.72. The summed E-state index contributed by atoms with van der Waals surface area (Å²) in [5.74, 6) is -1.63. The zero-order valence-corrected chi connectivity index (χ0v) is 36.4. The lowest BCUT2D eigenvalue weighted by Gasteiger charge is -2.31. The Bertz CT molecular complexity index is 1400. The quantitative estimate of drug-likeness (QED) is 0.0224. The smallest absolute Gasteiger partial charge is 0.362 e. The van der Waals surface area contributed by atoms with E-state index in [0.717, 1.165) is 64.2 Å². The lowest BCUT2D eigenvalue weighted by atomic mass is 10.1. The van der Waals surface area contributed by atoms with Gasteiger partial charge in [-0.1, -0.05) is 154 Å². The third-order valence-electron chi connectivity index (χ3n) is 8.46. The number of hydrogen-bond acceptors (Lipinski definition) is 6. The zero-order chi connectivity index (χ0) is 42.8. The van der Waals surface area contributed by atoms with Crippen LogP contribution < -0.4 is 0 Å². The fourth-order valence-electron chi connectivity index (χ4n) is 5.21. The van der Waals surface area contributed by atoms with Crippen LogP contribution in [0.1, 0.15) is 110 Å². The van der Waals surface area contributed by atoms with Crippen LogP contribution in [0.2, 0.25) is 0 Å². The van der Waals surface area contributed by atoms with Crippen LogP contribution in [0.15, 0.2) is 134 Å². The summed E-state index contributed by atoms with van der Waals surface area (Å²) in [7, 11) is 5.47. The van der Waals surface area contributed by atoms with E-state index in [0.29, 0.717) is 19.3 Å². The van der Waals surface area contributed by atoms with Crippen molar-refractivity contribution in [3.63, 3.8) is 0 Å². The molecule has 0 bridgehead atoms. The molecule has 0 rings (SSSR count). The molecule has 0 aliphatic heterocycles. The van der Waals surface area contributed by atoms with Crippen molar-refractivity contribution in [1.29, 1.82) is 0 Å². The minimum absolute atomic E-state index is 0.0139. The van der Waals surface area contributed by atoms with E-state index in [-0.39, 0.29) is 49.1 Å². The van der Waals surface area contributed by atoms with Crippen molar-refractivity contribution >= 4 is 17.9 Å². The standard InChI is InChI=1S/C50H75NO7/c1-6-8-10-12-14-16-18-20-22-24-26-28-30-32-34-36-38-40-48(52)57-45-46(44-56-43-42-47(50(54)55)51(3,4)5)58-49(53)41-39-37-35-33-31-29-27-25-23-21-19-17-15-13-11-9-7-2/h8-11,13-17,19-23,25-29,31-32,34,46-47H,6-7,12,18,24,30,33,35-45H2,1-5H3/p+1/b10-8+,11-9+,15-13+,16-14+,19-17+,22-20+,23-21+,27-25+,28-26+,31-29+,34-32+. The molecular formula is C50H76NO7+. The van der Waals surface area contributed by atoms with Crippen molar-refractivity contribution < 1.29 is 38.2 Å². The van der Waals surface area contributed by atoms with Gasteiger partial charge in [-0.3, -0.25) is 9.59 Å². The monoisotopic (exact) mass is 803 g/mol. The molecule has 0 amide bonds. The van der Waals surface area contributed by atoms with Gasteiger partial charge in [0.15, 0.2) is 12.1 Å². The number of nitrogens with zero attached hydrogens (tertiary/aromatic N) is 1. The van der Waals surface area contributed by atoms with Gasteiger partial charge in [-0.15, -0.1) is 0 Å². The van der Waals surface area contributed by atoms with Crippen LogP contribution in [-0.4, -0.2) is 80.6 Å². The van der Waals surface area contributed by atoms with Gasteiger partial charge >= 0.3 is 17.9 Å². The number of likely N-dealkylation sites (N-methyl/N-ethyl adjacent to an activating group) is 1.